The number of halogens is 5. The summed E-state index contributed by atoms with van der Waals surface area (Å²) in [5.74, 6) is -0.701. The molecule has 0 aliphatic carbocycles. The quantitative estimate of drug-likeness (QED) is 0.441. The molecule has 0 aliphatic heterocycles. The molecule has 24 heavy (non-hydrogen) atoms. The third-order valence-corrected chi connectivity index (χ3v) is 4.34. The van der Waals surface area contributed by atoms with Gasteiger partial charge in [-0.3, -0.25) is 14.8 Å². The average molecular weight is 451 g/mol. The first-order chi connectivity index (χ1) is 11.2. The third-order valence-electron chi connectivity index (χ3n) is 3.27. The zero-order valence-corrected chi connectivity index (χ0v) is 13.6. The molecule has 0 amide bonds. The molecule has 1 aromatic carbocycles. The van der Waals surface area contributed by atoms with Crippen molar-refractivity contribution in [3.63, 3.8) is 0 Å². The first-order valence-corrected chi connectivity index (χ1v) is 7.44. The highest BCUT2D eigenvalue weighted by Crippen LogP contribution is 2.41. The van der Waals surface area contributed by atoms with Gasteiger partial charge in [0, 0.05) is 9.13 Å². The first kappa shape index (κ1) is 16.6. The van der Waals surface area contributed by atoms with Crippen molar-refractivity contribution in [2.24, 2.45) is 0 Å². The van der Waals surface area contributed by atoms with Crippen LogP contribution in [0.5, 0.6) is 0 Å². The SMILES string of the molecule is O=c1[nH]c(=O)c2cc(C(F)(F)F)c(-c3ccc(F)cn3)c(I)c2[nH]1. The van der Waals surface area contributed by atoms with Crippen molar-refractivity contribution in [2.45, 2.75) is 6.18 Å². The lowest BCUT2D eigenvalue weighted by Gasteiger charge is -2.16. The van der Waals surface area contributed by atoms with Crippen molar-refractivity contribution in [3.8, 4) is 11.3 Å². The Morgan fingerprint density at radius 1 is 1.12 bits per heavy atom. The molecule has 0 aliphatic rings. The molecule has 0 saturated heterocycles. The molecule has 0 atom stereocenters. The van der Waals surface area contributed by atoms with Crippen LogP contribution in [0.3, 0.4) is 0 Å². The van der Waals surface area contributed by atoms with E-state index in [1.165, 1.54) is 0 Å². The molecule has 2 aromatic heterocycles. The van der Waals surface area contributed by atoms with Gasteiger partial charge in [0.2, 0.25) is 0 Å². The first-order valence-electron chi connectivity index (χ1n) is 6.36. The summed E-state index contributed by atoms with van der Waals surface area (Å²) in [7, 11) is 0. The van der Waals surface area contributed by atoms with Crippen LogP contribution in [0.4, 0.5) is 17.6 Å². The van der Waals surface area contributed by atoms with Gasteiger partial charge in [0.1, 0.15) is 5.82 Å². The van der Waals surface area contributed by atoms with Crippen molar-refractivity contribution in [2.75, 3.05) is 0 Å². The Morgan fingerprint density at radius 3 is 2.42 bits per heavy atom. The van der Waals surface area contributed by atoms with Crippen LogP contribution in [0.1, 0.15) is 5.56 Å². The van der Waals surface area contributed by atoms with Crippen molar-refractivity contribution in [3.05, 3.63) is 60.2 Å². The van der Waals surface area contributed by atoms with Gasteiger partial charge in [-0.25, -0.2) is 9.18 Å². The summed E-state index contributed by atoms with van der Waals surface area (Å²) >= 11 is 1.59. The monoisotopic (exact) mass is 451 g/mol. The molecule has 3 aromatic rings. The second-order valence-corrected chi connectivity index (χ2v) is 5.88. The van der Waals surface area contributed by atoms with E-state index >= 15 is 0 Å². The number of alkyl halides is 3. The molecular formula is C14H6F4IN3O2. The standard InChI is InChI=1S/C14H6F4IN3O2/c15-5-1-2-8(20-4-5)9-7(14(16,17)18)3-6-11(10(9)19)21-13(24)22-12(6)23/h1-4H,(H2,21,22,23,24). The van der Waals surface area contributed by atoms with E-state index in [9.17, 15) is 27.2 Å². The molecule has 0 unspecified atom stereocenters. The highest BCUT2D eigenvalue weighted by molar-refractivity contribution is 14.1. The summed E-state index contributed by atoms with van der Waals surface area (Å²) < 4.78 is 53.3. The van der Waals surface area contributed by atoms with Gasteiger partial charge in [-0.2, -0.15) is 13.2 Å². The maximum atomic E-state index is 13.4. The fourth-order valence-electron chi connectivity index (χ4n) is 2.26. The predicted octanol–water partition coefficient (Wildman–Crippen LogP) is 3.04. The number of rotatable bonds is 1. The Bertz CT molecular complexity index is 1060. The van der Waals surface area contributed by atoms with Crippen LogP contribution in [-0.2, 0) is 6.18 Å². The van der Waals surface area contributed by atoms with Gasteiger partial charge in [0.05, 0.1) is 28.4 Å². The summed E-state index contributed by atoms with van der Waals surface area (Å²) in [5, 5.41) is -0.308. The summed E-state index contributed by atoms with van der Waals surface area (Å²) in [6, 6.07) is 2.72. The number of benzene rings is 1. The number of nitrogens with zero attached hydrogens (tertiary/aromatic N) is 1. The van der Waals surface area contributed by atoms with Gasteiger partial charge in [-0.15, -0.1) is 0 Å². The van der Waals surface area contributed by atoms with Crippen molar-refractivity contribution in [1.29, 1.82) is 0 Å². The number of aromatic amines is 2. The molecule has 2 N–H and O–H groups in total. The zero-order valence-electron chi connectivity index (χ0n) is 11.5. The average Bonchev–Trinajstić information content (AvgIpc) is 2.48. The highest BCUT2D eigenvalue weighted by Gasteiger charge is 2.36. The molecule has 0 fully saturated rings. The smallest absolute Gasteiger partial charge is 0.306 e. The highest BCUT2D eigenvalue weighted by atomic mass is 127. The van der Waals surface area contributed by atoms with Gasteiger partial charge in [-0.05, 0) is 40.8 Å². The van der Waals surface area contributed by atoms with E-state index in [4.69, 9.17) is 0 Å². The Balaban J connectivity index is 2.50. The number of pyridine rings is 1. The Kier molecular flexibility index (Phi) is 3.94. The molecular weight excluding hydrogens is 445 g/mol. The summed E-state index contributed by atoms with van der Waals surface area (Å²) in [4.78, 5) is 31.1. The van der Waals surface area contributed by atoms with Gasteiger partial charge in [0.15, 0.2) is 0 Å². The van der Waals surface area contributed by atoms with Gasteiger partial charge >= 0.3 is 11.9 Å². The Morgan fingerprint density at radius 2 is 1.83 bits per heavy atom. The van der Waals surface area contributed by atoms with E-state index in [0.29, 0.717) is 6.07 Å². The number of hydrogen-bond donors (Lipinski definition) is 2. The maximum Gasteiger partial charge on any atom is 0.417 e. The molecule has 0 radical (unpaired) electrons. The molecule has 10 heteroatoms. The molecule has 0 spiro atoms. The van der Waals surface area contributed by atoms with Crippen molar-refractivity contribution < 1.29 is 17.6 Å². The minimum Gasteiger partial charge on any atom is -0.306 e. The molecule has 3 rings (SSSR count). The van der Waals surface area contributed by atoms with E-state index in [-0.39, 0.29) is 25.7 Å². The van der Waals surface area contributed by atoms with Crippen LogP contribution in [0.25, 0.3) is 22.2 Å². The molecule has 124 valence electrons. The lowest BCUT2D eigenvalue weighted by atomic mass is 10.0. The lowest BCUT2D eigenvalue weighted by Crippen LogP contribution is -2.23. The third kappa shape index (κ3) is 2.81. The molecule has 5 nitrogen and oxygen atoms in total. The predicted molar refractivity (Wildman–Crippen MR) is 86.1 cm³/mol. The molecule has 0 saturated carbocycles. The summed E-state index contributed by atoms with van der Waals surface area (Å²) in [6.45, 7) is 0. The fourth-order valence-corrected chi connectivity index (χ4v) is 3.26. The molecule has 0 bridgehead atoms. The second kappa shape index (κ2) is 5.69. The number of hydrogen-bond acceptors (Lipinski definition) is 3. The summed E-state index contributed by atoms with van der Waals surface area (Å²) in [6.07, 6.45) is -3.99. The Labute approximate surface area is 143 Å². The van der Waals surface area contributed by atoms with Crippen LogP contribution in [0.15, 0.2) is 34.0 Å². The van der Waals surface area contributed by atoms with E-state index < -0.39 is 28.8 Å². The largest absolute Gasteiger partial charge is 0.417 e. The van der Waals surface area contributed by atoms with E-state index in [1.807, 2.05) is 4.98 Å². The van der Waals surface area contributed by atoms with E-state index in [1.54, 1.807) is 22.6 Å². The number of fused-ring (bicyclic) bond motifs is 1. The van der Waals surface area contributed by atoms with Crippen molar-refractivity contribution in [1.82, 2.24) is 15.0 Å². The minimum atomic E-state index is -4.78. The van der Waals surface area contributed by atoms with Gasteiger partial charge < -0.3 is 4.98 Å². The fraction of sp³-hybridized carbons (Fsp3) is 0.0714. The van der Waals surface area contributed by atoms with Crippen LogP contribution in [-0.4, -0.2) is 15.0 Å². The van der Waals surface area contributed by atoms with Crippen LogP contribution >= 0.6 is 22.6 Å². The number of H-pyrrole nitrogens is 2. The summed E-state index contributed by atoms with van der Waals surface area (Å²) in [5.41, 5.74) is -3.39. The topological polar surface area (TPSA) is 78.6 Å². The van der Waals surface area contributed by atoms with Gasteiger partial charge in [-0.1, -0.05) is 0 Å². The lowest BCUT2D eigenvalue weighted by molar-refractivity contribution is -0.137. The van der Waals surface area contributed by atoms with Crippen LogP contribution < -0.4 is 11.2 Å². The minimum absolute atomic E-state index is 0.0141. The van der Waals surface area contributed by atoms with Gasteiger partial charge in [0.25, 0.3) is 5.56 Å². The molecule has 2 heterocycles. The number of aromatic nitrogens is 3. The Hall–Kier alpha value is -2.24. The van der Waals surface area contributed by atoms with Crippen LogP contribution in [0, 0.1) is 9.39 Å². The van der Waals surface area contributed by atoms with Crippen LogP contribution in [0.2, 0.25) is 0 Å². The maximum absolute atomic E-state index is 13.4. The zero-order chi connectivity index (χ0) is 17.6. The van der Waals surface area contributed by atoms with E-state index in [2.05, 4.69) is 9.97 Å². The number of nitrogens with one attached hydrogen (secondary N) is 2. The van der Waals surface area contributed by atoms with Crippen molar-refractivity contribution >= 4 is 33.5 Å². The van der Waals surface area contributed by atoms with E-state index in [0.717, 1.165) is 18.3 Å². The normalized spacial score (nSPS) is 11.9. The second-order valence-electron chi connectivity index (χ2n) is 4.80.